The SMILES string of the molecule is C[C@H](NC(=O)CCCCCCCCCCC(=O)N[C@@H](C)C1CCCCC1)C1CCCCC1. The van der Waals surface area contributed by atoms with Gasteiger partial charge in [-0.05, 0) is 64.2 Å². The van der Waals surface area contributed by atoms with E-state index in [0.717, 1.165) is 25.7 Å². The summed E-state index contributed by atoms with van der Waals surface area (Å²) in [5.41, 5.74) is 0. The number of nitrogens with one attached hydrogen (secondary N) is 2. The van der Waals surface area contributed by atoms with Crippen molar-refractivity contribution in [2.24, 2.45) is 11.8 Å². The summed E-state index contributed by atoms with van der Waals surface area (Å²) >= 11 is 0. The van der Waals surface area contributed by atoms with Crippen LogP contribution in [0, 0.1) is 11.8 Å². The molecule has 2 fully saturated rings. The van der Waals surface area contributed by atoms with Gasteiger partial charge >= 0.3 is 0 Å². The van der Waals surface area contributed by atoms with Crippen LogP contribution in [0.5, 0.6) is 0 Å². The summed E-state index contributed by atoms with van der Waals surface area (Å²) in [6.07, 6.45) is 23.9. The topological polar surface area (TPSA) is 58.2 Å². The number of carbonyl (C=O) groups is 2. The molecule has 2 N–H and O–H groups in total. The van der Waals surface area contributed by atoms with E-state index in [0.29, 0.717) is 36.8 Å². The monoisotopic (exact) mass is 448 g/mol. The molecule has 2 atom stereocenters. The Morgan fingerprint density at radius 3 is 1.22 bits per heavy atom. The first-order chi connectivity index (χ1) is 15.6. The summed E-state index contributed by atoms with van der Waals surface area (Å²) in [6, 6.07) is 0.695. The Labute approximate surface area is 198 Å². The zero-order chi connectivity index (χ0) is 23.0. The maximum absolute atomic E-state index is 12.2. The van der Waals surface area contributed by atoms with Crippen molar-refractivity contribution in [3.05, 3.63) is 0 Å². The summed E-state index contributed by atoms with van der Waals surface area (Å²) in [6.45, 7) is 4.38. The molecule has 0 aliphatic heterocycles. The highest BCUT2D eigenvalue weighted by molar-refractivity contribution is 5.76. The van der Waals surface area contributed by atoms with E-state index in [9.17, 15) is 9.59 Å². The van der Waals surface area contributed by atoms with E-state index in [1.54, 1.807) is 0 Å². The van der Waals surface area contributed by atoms with Gasteiger partial charge in [-0.1, -0.05) is 77.0 Å². The lowest BCUT2D eigenvalue weighted by Crippen LogP contribution is -2.38. The molecule has 4 heteroatoms. The highest BCUT2D eigenvalue weighted by atomic mass is 16.2. The number of carbonyl (C=O) groups excluding carboxylic acids is 2. The van der Waals surface area contributed by atoms with E-state index in [-0.39, 0.29) is 11.8 Å². The van der Waals surface area contributed by atoms with Crippen LogP contribution in [0.4, 0.5) is 0 Å². The summed E-state index contributed by atoms with van der Waals surface area (Å²) in [4.78, 5) is 24.3. The lowest BCUT2D eigenvalue weighted by atomic mass is 9.84. The van der Waals surface area contributed by atoms with Gasteiger partial charge in [0, 0.05) is 24.9 Å². The fourth-order valence-corrected chi connectivity index (χ4v) is 5.79. The van der Waals surface area contributed by atoms with Crippen LogP contribution < -0.4 is 10.6 Å². The molecule has 0 aromatic carbocycles. The van der Waals surface area contributed by atoms with Gasteiger partial charge in [-0.2, -0.15) is 0 Å². The van der Waals surface area contributed by atoms with Crippen molar-refractivity contribution in [3.8, 4) is 0 Å². The van der Waals surface area contributed by atoms with Gasteiger partial charge in [0.15, 0.2) is 0 Å². The number of unbranched alkanes of at least 4 members (excludes halogenated alkanes) is 7. The molecular formula is C28H52N2O2. The van der Waals surface area contributed by atoms with Crippen molar-refractivity contribution < 1.29 is 9.59 Å². The third-order valence-corrected chi connectivity index (χ3v) is 8.05. The predicted octanol–water partition coefficient (Wildman–Crippen LogP) is 7.06. The van der Waals surface area contributed by atoms with Gasteiger partial charge in [0.05, 0.1) is 0 Å². The minimum absolute atomic E-state index is 0.249. The minimum atomic E-state index is 0.249. The van der Waals surface area contributed by atoms with Crippen molar-refractivity contribution in [1.82, 2.24) is 10.6 Å². The van der Waals surface area contributed by atoms with Crippen molar-refractivity contribution in [3.63, 3.8) is 0 Å². The smallest absolute Gasteiger partial charge is 0.220 e. The molecule has 0 aromatic heterocycles. The zero-order valence-corrected chi connectivity index (χ0v) is 21.3. The van der Waals surface area contributed by atoms with Crippen LogP contribution in [-0.4, -0.2) is 23.9 Å². The number of hydrogen-bond acceptors (Lipinski definition) is 2. The molecule has 2 rings (SSSR count). The van der Waals surface area contributed by atoms with E-state index in [4.69, 9.17) is 0 Å². The Morgan fingerprint density at radius 1 is 0.562 bits per heavy atom. The van der Waals surface area contributed by atoms with Crippen molar-refractivity contribution in [2.75, 3.05) is 0 Å². The van der Waals surface area contributed by atoms with Gasteiger partial charge in [0.1, 0.15) is 0 Å². The number of rotatable bonds is 15. The fraction of sp³-hybridized carbons (Fsp3) is 0.929. The first-order valence-corrected chi connectivity index (χ1v) is 14.1. The zero-order valence-electron chi connectivity index (χ0n) is 21.3. The molecule has 0 aromatic rings. The average molecular weight is 449 g/mol. The molecule has 2 aliphatic rings. The first-order valence-electron chi connectivity index (χ1n) is 14.1. The quantitative estimate of drug-likeness (QED) is 0.263. The molecule has 0 radical (unpaired) electrons. The standard InChI is InChI=1S/C28H52N2O2/c1-23(25-17-11-9-12-18-25)29-27(31)21-15-7-5-3-4-6-8-16-22-28(32)30-24(2)26-19-13-10-14-20-26/h23-26H,3-22H2,1-2H3,(H,29,31)(H,30,32)/t23-,24-/m0/s1. The molecule has 2 saturated carbocycles. The highest BCUT2D eigenvalue weighted by Gasteiger charge is 2.22. The van der Waals surface area contributed by atoms with Crippen LogP contribution in [0.2, 0.25) is 0 Å². The molecule has 0 saturated heterocycles. The molecule has 2 amide bonds. The van der Waals surface area contributed by atoms with Gasteiger partial charge in [-0.15, -0.1) is 0 Å². The Bertz CT molecular complexity index is 464. The third kappa shape index (κ3) is 11.7. The van der Waals surface area contributed by atoms with Crippen LogP contribution in [0.15, 0.2) is 0 Å². The Morgan fingerprint density at radius 2 is 0.875 bits per heavy atom. The second-order valence-electron chi connectivity index (χ2n) is 10.8. The van der Waals surface area contributed by atoms with Gasteiger partial charge in [-0.3, -0.25) is 9.59 Å². The third-order valence-electron chi connectivity index (χ3n) is 8.05. The average Bonchev–Trinajstić information content (AvgIpc) is 2.81. The summed E-state index contributed by atoms with van der Waals surface area (Å²) in [5, 5.41) is 6.48. The molecule has 0 unspecified atom stereocenters. The van der Waals surface area contributed by atoms with Gasteiger partial charge in [0.25, 0.3) is 0 Å². The maximum Gasteiger partial charge on any atom is 0.220 e. The van der Waals surface area contributed by atoms with Crippen LogP contribution >= 0.6 is 0 Å². The Hall–Kier alpha value is -1.06. The van der Waals surface area contributed by atoms with Crippen LogP contribution in [0.1, 0.15) is 142 Å². The van der Waals surface area contributed by atoms with Crippen molar-refractivity contribution >= 4 is 11.8 Å². The summed E-state index contributed by atoms with van der Waals surface area (Å²) < 4.78 is 0. The Balaban J connectivity index is 1.36. The molecule has 2 aliphatic carbocycles. The molecule has 32 heavy (non-hydrogen) atoms. The van der Waals surface area contributed by atoms with E-state index < -0.39 is 0 Å². The summed E-state index contributed by atoms with van der Waals surface area (Å²) in [5.74, 6) is 1.89. The van der Waals surface area contributed by atoms with E-state index in [1.165, 1.54) is 89.9 Å². The van der Waals surface area contributed by atoms with Gasteiger partial charge in [0.2, 0.25) is 11.8 Å². The van der Waals surface area contributed by atoms with E-state index >= 15 is 0 Å². The van der Waals surface area contributed by atoms with Crippen LogP contribution in [-0.2, 0) is 9.59 Å². The Kier molecular flexibility index (Phi) is 14.0. The lowest BCUT2D eigenvalue weighted by molar-refractivity contribution is -0.123. The molecule has 0 heterocycles. The predicted molar refractivity (Wildman–Crippen MR) is 135 cm³/mol. The second kappa shape index (κ2) is 16.5. The maximum atomic E-state index is 12.2. The summed E-state index contributed by atoms with van der Waals surface area (Å²) in [7, 11) is 0. The molecule has 0 spiro atoms. The van der Waals surface area contributed by atoms with Gasteiger partial charge in [-0.25, -0.2) is 0 Å². The largest absolute Gasteiger partial charge is 0.353 e. The second-order valence-corrected chi connectivity index (χ2v) is 10.8. The highest BCUT2D eigenvalue weighted by Crippen LogP contribution is 2.27. The van der Waals surface area contributed by atoms with Crippen molar-refractivity contribution in [1.29, 1.82) is 0 Å². The molecule has 0 bridgehead atoms. The fourth-order valence-electron chi connectivity index (χ4n) is 5.79. The molecular weight excluding hydrogens is 396 g/mol. The molecule has 186 valence electrons. The lowest BCUT2D eigenvalue weighted by Gasteiger charge is -2.28. The van der Waals surface area contributed by atoms with E-state index in [2.05, 4.69) is 24.5 Å². The van der Waals surface area contributed by atoms with Crippen molar-refractivity contribution in [2.45, 2.75) is 154 Å². The number of hydrogen-bond donors (Lipinski definition) is 2. The molecule has 4 nitrogen and oxygen atoms in total. The first kappa shape index (κ1) is 27.2. The van der Waals surface area contributed by atoms with Gasteiger partial charge < -0.3 is 10.6 Å². The minimum Gasteiger partial charge on any atom is -0.353 e. The normalized spacial score (nSPS) is 19.9. The van der Waals surface area contributed by atoms with E-state index in [1.807, 2.05) is 0 Å². The van der Waals surface area contributed by atoms with Crippen LogP contribution in [0.25, 0.3) is 0 Å². The number of amides is 2. The van der Waals surface area contributed by atoms with Crippen LogP contribution in [0.3, 0.4) is 0 Å².